The first kappa shape index (κ1) is 16.7. The Balaban J connectivity index is 0.00000180. The molecule has 8 heteroatoms. The molecule has 1 aliphatic heterocycles. The molecule has 0 spiro atoms. The number of sulfonamides is 1. The number of rotatable bonds is 3. The van der Waals surface area contributed by atoms with Crippen molar-refractivity contribution >= 4 is 38.4 Å². The summed E-state index contributed by atoms with van der Waals surface area (Å²) < 4.78 is 32.2. The molecular formula is C11H16BrClN2O3S. The lowest BCUT2D eigenvalue weighted by atomic mass is 10.3. The summed E-state index contributed by atoms with van der Waals surface area (Å²) in [4.78, 5) is 0.175. The largest absolute Gasteiger partial charge is 0.495 e. The zero-order valence-corrected chi connectivity index (χ0v) is 13.6. The molecule has 2 N–H and O–H groups in total. The number of hydrogen-bond acceptors (Lipinski definition) is 4. The van der Waals surface area contributed by atoms with Crippen molar-refractivity contribution in [3.8, 4) is 5.75 Å². The first-order chi connectivity index (χ1) is 8.45. The van der Waals surface area contributed by atoms with Crippen LogP contribution in [0.25, 0.3) is 0 Å². The van der Waals surface area contributed by atoms with Crippen molar-refractivity contribution in [1.82, 2.24) is 4.31 Å². The van der Waals surface area contributed by atoms with Gasteiger partial charge in [-0.25, -0.2) is 8.42 Å². The topological polar surface area (TPSA) is 72.6 Å². The highest BCUT2D eigenvalue weighted by Crippen LogP contribution is 2.31. The average molecular weight is 372 g/mol. The zero-order chi connectivity index (χ0) is 13.3. The summed E-state index contributed by atoms with van der Waals surface area (Å²) in [6.07, 6.45) is 0.690. The standard InChI is InChI=1S/C11H15BrN2O3S.ClH/c1-17-10-3-2-8(12)6-11(10)18(15,16)14-5-4-9(13)7-14;/h2-3,6,9H,4-5,7,13H2,1H3;1H/t9-;/m1./s1. The minimum Gasteiger partial charge on any atom is -0.495 e. The third kappa shape index (κ3) is 3.41. The molecule has 5 nitrogen and oxygen atoms in total. The maximum absolute atomic E-state index is 12.5. The molecule has 1 aromatic rings. The van der Waals surface area contributed by atoms with Crippen LogP contribution < -0.4 is 10.5 Å². The van der Waals surface area contributed by atoms with Gasteiger partial charge in [0.05, 0.1) is 7.11 Å². The van der Waals surface area contributed by atoms with Gasteiger partial charge in [-0.05, 0) is 24.6 Å². The molecular weight excluding hydrogens is 356 g/mol. The van der Waals surface area contributed by atoms with E-state index in [0.29, 0.717) is 29.7 Å². The van der Waals surface area contributed by atoms with E-state index < -0.39 is 10.0 Å². The summed E-state index contributed by atoms with van der Waals surface area (Å²) in [6.45, 7) is 0.817. The molecule has 1 saturated heterocycles. The van der Waals surface area contributed by atoms with Gasteiger partial charge in [0.15, 0.2) is 0 Å². The van der Waals surface area contributed by atoms with E-state index in [1.165, 1.54) is 11.4 Å². The normalized spacial score (nSPS) is 20.1. The monoisotopic (exact) mass is 370 g/mol. The molecule has 19 heavy (non-hydrogen) atoms. The molecule has 0 aliphatic carbocycles. The molecule has 1 fully saturated rings. The van der Waals surface area contributed by atoms with Gasteiger partial charge in [-0.2, -0.15) is 4.31 Å². The van der Waals surface area contributed by atoms with Crippen LogP contribution in [0.1, 0.15) is 6.42 Å². The second-order valence-electron chi connectivity index (χ2n) is 4.21. The van der Waals surface area contributed by atoms with E-state index >= 15 is 0 Å². The van der Waals surface area contributed by atoms with Crippen LogP contribution in [0.2, 0.25) is 0 Å². The lowest BCUT2D eigenvalue weighted by Crippen LogP contribution is -2.32. The first-order valence-corrected chi connectivity index (χ1v) is 7.77. The van der Waals surface area contributed by atoms with E-state index in [2.05, 4.69) is 15.9 Å². The molecule has 1 heterocycles. The minimum absolute atomic E-state index is 0. The van der Waals surface area contributed by atoms with Crippen molar-refractivity contribution in [2.24, 2.45) is 5.73 Å². The molecule has 0 saturated carbocycles. The number of hydrogen-bond donors (Lipinski definition) is 1. The maximum Gasteiger partial charge on any atom is 0.246 e. The van der Waals surface area contributed by atoms with Gasteiger partial charge in [0.1, 0.15) is 10.6 Å². The predicted octanol–water partition coefficient (Wildman–Crippen LogP) is 1.60. The van der Waals surface area contributed by atoms with Gasteiger partial charge in [-0.1, -0.05) is 15.9 Å². The van der Waals surface area contributed by atoms with Gasteiger partial charge < -0.3 is 10.5 Å². The van der Waals surface area contributed by atoms with Crippen molar-refractivity contribution in [2.75, 3.05) is 20.2 Å². The van der Waals surface area contributed by atoms with Crippen LogP contribution in [-0.2, 0) is 10.0 Å². The van der Waals surface area contributed by atoms with E-state index in [-0.39, 0.29) is 23.3 Å². The fourth-order valence-electron chi connectivity index (χ4n) is 1.96. The zero-order valence-electron chi connectivity index (χ0n) is 10.4. The third-order valence-electron chi connectivity index (χ3n) is 2.93. The second-order valence-corrected chi connectivity index (χ2v) is 7.03. The van der Waals surface area contributed by atoms with E-state index in [1.54, 1.807) is 18.2 Å². The molecule has 108 valence electrons. The predicted molar refractivity (Wildman–Crippen MR) is 79.3 cm³/mol. The highest BCUT2D eigenvalue weighted by molar-refractivity contribution is 9.10. The molecule has 1 aliphatic rings. The average Bonchev–Trinajstić information content (AvgIpc) is 2.76. The van der Waals surface area contributed by atoms with Gasteiger partial charge in [-0.15, -0.1) is 12.4 Å². The van der Waals surface area contributed by atoms with Gasteiger partial charge in [0.25, 0.3) is 0 Å². The van der Waals surface area contributed by atoms with Crippen LogP contribution in [0, 0.1) is 0 Å². The molecule has 0 unspecified atom stereocenters. The Morgan fingerprint density at radius 3 is 2.68 bits per heavy atom. The molecule has 0 bridgehead atoms. The number of halogens is 2. The second kappa shape index (κ2) is 6.41. The summed E-state index contributed by atoms with van der Waals surface area (Å²) >= 11 is 3.28. The molecule has 2 rings (SSSR count). The summed E-state index contributed by atoms with van der Waals surface area (Å²) in [5, 5.41) is 0. The van der Waals surface area contributed by atoms with E-state index in [9.17, 15) is 8.42 Å². The fraction of sp³-hybridized carbons (Fsp3) is 0.455. The molecule has 0 amide bonds. The van der Waals surface area contributed by atoms with Gasteiger partial charge in [0, 0.05) is 23.6 Å². The highest BCUT2D eigenvalue weighted by Gasteiger charge is 2.33. The molecule has 1 aromatic carbocycles. The first-order valence-electron chi connectivity index (χ1n) is 5.54. The summed E-state index contributed by atoms with van der Waals surface area (Å²) in [6, 6.07) is 4.84. The number of nitrogens with two attached hydrogens (primary N) is 1. The molecule has 1 atom stereocenters. The van der Waals surface area contributed by atoms with Gasteiger partial charge in [-0.3, -0.25) is 0 Å². The van der Waals surface area contributed by atoms with Crippen LogP contribution in [0.3, 0.4) is 0 Å². The highest BCUT2D eigenvalue weighted by atomic mass is 79.9. The summed E-state index contributed by atoms with van der Waals surface area (Å²) in [7, 11) is -2.08. The van der Waals surface area contributed by atoms with E-state index in [0.717, 1.165) is 0 Å². The number of nitrogens with zero attached hydrogens (tertiary/aromatic N) is 1. The Morgan fingerprint density at radius 1 is 1.47 bits per heavy atom. The Hall–Kier alpha value is -0.340. The Kier molecular flexibility index (Phi) is 5.64. The Morgan fingerprint density at radius 2 is 2.16 bits per heavy atom. The van der Waals surface area contributed by atoms with Crippen molar-refractivity contribution in [2.45, 2.75) is 17.4 Å². The Labute approximate surface area is 127 Å². The van der Waals surface area contributed by atoms with Crippen molar-refractivity contribution in [3.63, 3.8) is 0 Å². The number of ether oxygens (including phenoxy) is 1. The van der Waals surface area contributed by atoms with Gasteiger partial charge in [0.2, 0.25) is 10.0 Å². The quantitative estimate of drug-likeness (QED) is 0.876. The smallest absolute Gasteiger partial charge is 0.246 e. The van der Waals surface area contributed by atoms with E-state index in [1.807, 2.05) is 0 Å². The van der Waals surface area contributed by atoms with Crippen molar-refractivity contribution in [1.29, 1.82) is 0 Å². The van der Waals surface area contributed by atoms with Crippen LogP contribution in [-0.4, -0.2) is 39.0 Å². The summed E-state index contributed by atoms with van der Waals surface area (Å²) in [5.74, 6) is 0.346. The number of benzene rings is 1. The van der Waals surface area contributed by atoms with E-state index in [4.69, 9.17) is 10.5 Å². The Bertz CT molecular complexity index is 553. The molecule has 0 radical (unpaired) electrons. The van der Waals surface area contributed by atoms with Crippen molar-refractivity contribution in [3.05, 3.63) is 22.7 Å². The molecule has 0 aromatic heterocycles. The summed E-state index contributed by atoms with van der Waals surface area (Å²) in [5.41, 5.74) is 5.75. The lowest BCUT2D eigenvalue weighted by molar-refractivity contribution is 0.398. The van der Waals surface area contributed by atoms with Crippen molar-refractivity contribution < 1.29 is 13.2 Å². The SMILES string of the molecule is COc1ccc(Br)cc1S(=O)(=O)N1CC[C@@H](N)C1.Cl. The van der Waals surface area contributed by atoms with Crippen LogP contribution in [0.15, 0.2) is 27.6 Å². The van der Waals surface area contributed by atoms with Gasteiger partial charge >= 0.3 is 0 Å². The lowest BCUT2D eigenvalue weighted by Gasteiger charge is -2.18. The van der Waals surface area contributed by atoms with Crippen LogP contribution in [0.4, 0.5) is 0 Å². The van der Waals surface area contributed by atoms with Crippen LogP contribution >= 0.6 is 28.3 Å². The minimum atomic E-state index is -3.54. The maximum atomic E-state index is 12.5. The number of methoxy groups -OCH3 is 1. The van der Waals surface area contributed by atoms with Crippen LogP contribution in [0.5, 0.6) is 5.75 Å². The fourth-order valence-corrected chi connectivity index (χ4v) is 4.17. The third-order valence-corrected chi connectivity index (χ3v) is 5.31.